The van der Waals surface area contributed by atoms with Crippen LogP contribution in [-0.2, 0) is 18.4 Å². The molecule has 0 bridgehead atoms. The number of nitrogens with zero attached hydrogens (tertiary/aromatic N) is 3. The summed E-state index contributed by atoms with van der Waals surface area (Å²) in [4.78, 5) is 0. The highest BCUT2D eigenvalue weighted by Crippen LogP contribution is 2.50. The van der Waals surface area contributed by atoms with Crippen LogP contribution < -0.4 is 17.5 Å². The SMILES string of the molecule is CC(C)CCN(N)OP(=O)(ON(N)CCC(C)C)ON(N)CCC(C)C. The van der Waals surface area contributed by atoms with E-state index in [1.807, 2.05) is 41.5 Å². The minimum absolute atomic E-state index is 0.349. The Bertz CT molecular complexity index is 357. The summed E-state index contributed by atoms with van der Waals surface area (Å²) in [5.41, 5.74) is 0. The first-order valence-corrected chi connectivity index (χ1v) is 10.7. The molecule has 0 atom stereocenters. The fourth-order valence-electron chi connectivity index (χ4n) is 1.71. The van der Waals surface area contributed by atoms with Crippen LogP contribution in [0.2, 0.25) is 0 Å². The van der Waals surface area contributed by atoms with Gasteiger partial charge in [0.05, 0.1) is 0 Å². The third kappa shape index (κ3) is 14.0. The molecule has 0 aromatic carbocycles. The summed E-state index contributed by atoms with van der Waals surface area (Å²) in [6.07, 6.45) is 2.24. The molecule has 11 heteroatoms. The second kappa shape index (κ2) is 13.1. The van der Waals surface area contributed by atoms with E-state index < -0.39 is 7.82 Å². The molecule has 0 heterocycles. The summed E-state index contributed by atoms with van der Waals surface area (Å²) >= 11 is 0. The second-order valence-corrected chi connectivity index (χ2v) is 9.05. The molecule has 0 radical (unpaired) electrons. The van der Waals surface area contributed by atoms with Crippen molar-refractivity contribution < 1.29 is 18.4 Å². The summed E-state index contributed by atoms with van der Waals surface area (Å²) in [5.74, 6) is 18.5. The van der Waals surface area contributed by atoms with Crippen LogP contribution in [0.15, 0.2) is 0 Å². The minimum Gasteiger partial charge on any atom is -0.245 e. The molecule has 26 heavy (non-hydrogen) atoms. The van der Waals surface area contributed by atoms with E-state index in [2.05, 4.69) is 0 Å². The lowest BCUT2D eigenvalue weighted by molar-refractivity contribution is -0.191. The maximum atomic E-state index is 12.9. The van der Waals surface area contributed by atoms with E-state index in [9.17, 15) is 4.57 Å². The summed E-state index contributed by atoms with van der Waals surface area (Å²) in [6.45, 7) is 13.3. The number of phosphoric acid groups is 1. The third-order valence-electron chi connectivity index (χ3n) is 3.40. The smallest absolute Gasteiger partial charge is 0.245 e. The molecule has 0 amide bonds. The molecule has 0 fully saturated rings. The lowest BCUT2D eigenvalue weighted by Gasteiger charge is -2.28. The fourth-order valence-corrected chi connectivity index (χ4v) is 2.81. The van der Waals surface area contributed by atoms with Gasteiger partial charge in [0.2, 0.25) is 0 Å². The summed E-state index contributed by atoms with van der Waals surface area (Å²) in [6, 6.07) is 0. The zero-order valence-electron chi connectivity index (χ0n) is 17.1. The second-order valence-electron chi connectivity index (χ2n) is 7.66. The van der Waals surface area contributed by atoms with E-state index in [-0.39, 0.29) is 0 Å². The van der Waals surface area contributed by atoms with Crippen LogP contribution in [0.4, 0.5) is 0 Å². The molecule has 0 aromatic rings. The van der Waals surface area contributed by atoms with Crippen LogP contribution in [0.25, 0.3) is 0 Å². The highest BCUT2D eigenvalue weighted by Gasteiger charge is 2.35. The molecule has 0 aliphatic rings. The Balaban J connectivity index is 4.85. The zero-order chi connectivity index (χ0) is 20.3. The molecule has 158 valence electrons. The van der Waals surface area contributed by atoms with Crippen molar-refractivity contribution in [3.8, 4) is 0 Å². The van der Waals surface area contributed by atoms with Crippen molar-refractivity contribution in [2.24, 2.45) is 35.3 Å². The molecular weight excluding hydrogens is 359 g/mol. The molecule has 0 aliphatic carbocycles. The predicted molar refractivity (Wildman–Crippen MR) is 102 cm³/mol. The van der Waals surface area contributed by atoms with Crippen molar-refractivity contribution in [3.63, 3.8) is 0 Å². The molecule has 0 unspecified atom stereocenters. The average molecular weight is 398 g/mol. The van der Waals surface area contributed by atoms with Gasteiger partial charge in [-0.3, -0.25) is 0 Å². The average Bonchev–Trinajstić information content (AvgIpc) is 2.48. The van der Waals surface area contributed by atoms with Crippen molar-refractivity contribution in [2.45, 2.75) is 60.8 Å². The third-order valence-corrected chi connectivity index (χ3v) is 4.62. The predicted octanol–water partition coefficient (Wildman–Crippen LogP) is 2.55. The maximum Gasteiger partial charge on any atom is 0.528 e. The van der Waals surface area contributed by atoms with Crippen LogP contribution in [-0.4, -0.2) is 35.2 Å². The van der Waals surface area contributed by atoms with Gasteiger partial charge in [0.15, 0.2) is 0 Å². The van der Waals surface area contributed by atoms with Gasteiger partial charge >= 0.3 is 7.82 Å². The Morgan fingerprint density at radius 3 is 1.08 bits per heavy atom. The molecule has 10 nitrogen and oxygen atoms in total. The number of rotatable bonds is 15. The van der Waals surface area contributed by atoms with Gasteiger partial charge in [-0.25, -0.2) is 22.1 Å². The van der Waals surface area contributed by atoms with Crippen molar-refractivity contribution in [1.29, 1.82) is 0 Å². The maximum absolute atomic E-state index is 12.9. The van der Waals surface area contributed by atoms with E-state index in [1.54, 1.807) is 0 Å². The van der Waals surface area contributed by atoms with Crippen molar-refractivity contribution in [1.82, 2.24) is 15.5 Å². The first-order chi connectivity index (χ1) is 11.9. The van der Waals surface area contributed by atoms with Gasteiger partial charge in [0.1, 0.15) is 0 Å². The molecule has 0 saturated heterocycles. The highest BCUT2D eigenvalue weighted by molar-refractivity contribution is 7.48. The van der Waals surface area contributed by atoms with E-state index in [0.29, 0.717) is 37.4 Å². The Hall–Kier alpha value is -0.130. The molecule has 6 N–H and O–H groups in total. The number of hydrogen-bond donors (Lipinski definition) is 3. The molecular formula is C15H39N6O4P. The first-order valence-electron chi connectivity index (χ1n) is 9.19. The standard InChI is InChI=1S/C15H39N6O4P/c1-13(2)7-10-19(16)23-26(22,24-20(17)11-8-14(3)4)25-21(18)12-9-15(5)6/h13-15H,7-12,16-18H2,1-6H3. The Kier molecular flexibility index (Phi) is 13.0. The van der Waals surface area contributed by atoms with Crippen LogP contribution in [0.5, 0.6) is 0 Å². The van der Waals surface area contributed by atoms with E-state index in [0.717, 1.165) is 34.8 Å². The number of nitrogens with two attached hydrogens (primary N) is 3. The monoisotopic (exact) mass is 398 g/mol. The van der Waals surface area contributed by atoms with Gasteiger partial charge in [0, 0.05) is 19.6 Å². The fraction of sp³-hybridized carbons (Fsp3) is 1.00. The Morgan fingerprint density at radius 1 is 0.654 bits per heavy atom. The quantitative estimate of drug-likeness (QED) is 0.215. The van der Waals surface area contributed by atoms with Crippen molar-refractivity contribution in [2.75, 3.05) is 19.6 Å². The first kappa shape index (κ1) is 25.9. The summed E-state index contributed by atoms with van der Waals surface area (Å²) in [5, 5.41) is 2.81. The van der Waals surface area contributed by atoms with Gasteiger partial charge < -0.3 is 0 Å². The molecule has 0 saturated carbocycles. The van der Waals surface area contributed by atoms with Gasteiger partial charge in [-0.15, -0.1) is 15.5 Å². The number of hydrogen-bond acceptors (Lipinski definition) is 10. The summed E-state index contributed by atoms with van der Waals surface area (Å²) < 4.78 is 28.6. The number of hydrazine groups is 3. The van der Waals surface area contributed by atoms with Crippen LogP contribution >= 0.6 is 7.82 Å². The largest absolute Gasteiger partial charge is 0.528 e. The van der Waals surface area contributed by atoms with E-state index in [1.165, 1.54) is 0 Å². The normalized spacial score (nSPS) is 13.3. The number of hydroxylamine groups is 3. The van der Waals surface area contributed by atoms with E-state index >= 15 is 0 Å². The van der Waals surface area contributed by atoms with Crippen LogP contribution in [0.1, 0.15) is 60.8 Å². The molecule has 0 spiro atoms. The minimum atomic E-state index is -4.16. The highest BCUT2D eigenvalue weighted by atomic mass is 31.2. The lowest BCUT2D eigenvalue weighted by atomic mass is 10.1. The van der Waals surface area contributed by atoms with Crippen molar-refractivity contribution in [3.05, 3.63) is 0 Å². The van der Waals surface area contributed by atoms with Gasteiger partial charge in [-0.05, 0) is 37.0 Å². The zero-order valence-corrected chi connectivity index (χ0v) is 18.0. The summed E-state index contributed by atoms with van der Waals surface area (Å²) in [7, 11) is -4.16. The van der Waals surface area contributed by atoms with Crippen LogP contribution in [0.3, 0.4) is 0 Å². The molecule has 0 aliphatic heterocycles. The van der Waals surface area contributed by atoms with Gasteiger partial charge in [-0.1, -0.05) is 41.5 Å². The van der Waals surface area contributed by atoms with E-state index in [4.69, 9.17) is 31.4 Å². The van der Waals surface area contributed by atoms with Gasteiger partial charge in [0.25, 0.3) is 0 Å². The van der Waals surface area contributed by atoms with Gasteiger partial charge in [-0.2, -0.15) is 13.9 Å². The lowest BCUT2D eigenvalue weighted by Crippen LogP contribution is -2.39. The Labute approximate surface area is 158 Å². The van der Waals surface area contributed by atoms with Crippen molar-refractivity contribution >= 4 is 7.82 Å². The Morgan fingerprint density at radius 2 is 0.885 bits per heavy atom. The molecule has 0 aromatic heterocycles. The van der Waals surface area contributed by atoms with Crippen LogP contribution in [0, 0.1) is 17.8 Å². The topological polar surface area (TPSA) is 133 Å². The molecule has 0 rings (SSSR count).